The van der Waals surface area contributed by atoms with Crippen molar-refractivity contribution in [1.82, 2.24) is 0 Å². The zero-order valence-corrected chi connectivity index (χ0v) is 12.9. The molecule has 0 amide bonds. The summed E-state index contributed by atoms with van der Waals surface area (Å²) in [5.41, 5.74) is 3.33. The maximum atomic E-state index is 12.1. The number of benzene rings is 2. The van der Waals surface area contributed by atoms with Gasteiger partial charge in [0, 0.05) is 30.8 Å². The zero-order valence-electron chi connectivity index (χ0n) is 12.9. The van der Waals surface area contributed by atoms with Gasteiger partial charge < -0.3 is 4.90 Å². The van der Waals surface area contributed by atoms with Gasteiger partial charge in [0.2, 0.25) is 0 Å². The number of ketones is 1. The van der Waals surface area contributed by atoms with E-state index in [0.717, 1.165) is 25.1 Å². The fourth-order valence-electron chi connectivity index (χ4n) is 2.49. The molecule has 0 bridgehead atoms. The molecular formula is C19H23NO. The molecule has 0 saturated heterocycles. The van der Waals surface area contributed by atoms with Crippen molar-refractivity contribution in [2.24, 2.45) is 0 Å². The highest BCUT2D eigenvalue weighted by Crippen LogP contribution is 2.16. The van der Waals surface area contributed by atoms with Crippen LogP contribution < -0.4 is 4.90 Å². The van der Waals surface area contributed by atoms with Crippen LogP contribution in [0.25, 0.3) is 0 Å². The van der Waals surface area contributed by atoms with Crippen LogP contribution in [-0.2, 0) is 0 Å². The Morgan fingerprint density at radius 1 is 1.05 bits per heavy atom. The van der Waals surface area contributed by atoms with Gasteiger partial charge >= 0.3 is 0 Å². The number of hydrogen-bond donors (Lipinski definition) is 0. The van der Waals surface area contributed by atoms with E-state index in [4.69, 9.17) is 0 Å². The second kappa shape index (κ2) is 7.63. The molecule has 2 aromatic rings. The average Bonchev–Trinajstić information content (AvgIpc) is 2.52. The molecule has 0 aliphatic carbocycles. The van der Waals surface area contributed by atoms with Crippen molar-refractivity contribution in [2.75, 3.05) is 18.0 Å². The first-order valence-electron chi connectivity index (χ1n) is 7.60. The van der Waals surface area contributed by atoms with E-state index in [2.05, 4.69) is 43.0 Å². The zero-order chi connectivity index (χ0) is 15.1. The summed E-state index contributed by atoms with van der Waals surface area (Å²) >= 11 is 0. The van der Waals surface area contributed by atoms with E-state index in [1.807, 2.05) is 30.3 Å². The summed E-state index contributed by atoms with van der Waals surface area (Å²) in [6, 6.07) is 18.1. The predicted molar refractivity (Wildman–Crippen MR) is 89.1 cm³/mol. The maximum Gasteiger partial charge on any atom is 0.162 e. The molecule has 0 aliphatic rings. The number of carbonyl (C=O) groups is 1. The molecule has 2 rings (SSSR count). The monoisotopic (exact) mass is 281 g/mol. The molecule has 2 heteroatoms. The fourth-order valence-corrected chi connectivity index (χ4v) is 2.49. The molecule has 0 atom stereocenters. The largest absolute Gasteiger partial charge is 0.372 e. The quantitative estimate of drug-likeness (QED) is 0.697. The third-order valence-corrected chi connectivity index (χ3v) is 3.68. The van der Waals surface area contributed by atoms with Crippen LogP contribution in [0.2, 0.25) is 0 Å². The van der Waals surface area contributed by atoms with Gasteiger partial charge in [-0.2, -0.15) is 0 Å². The molecule has 0 saturated carbocycles. The van der Waals surface area contributed by atoms with Gasteiger partial charge in [0.15, 0.2) is 5.78 Å². The van der Waals surface area contributed by atoms with Gasteiger partial charge in [0.05, 0.1) is 0 Å². The molecule has 2 aromatic carbocycles. The lowest BCUT2D eigenvalue weighted by Gasteiger charge is -2.23. The first kappa shape index (κ1) is 15.3. The van der Waals surface area contributed by atoms with Crippen LogP contribution in [0.5, 0.6) is 0 Å². The Kier molecular flexibility index (Phi) is 5.56. The van der Waals surface area contributed by atoms with E-state index in [-0.39, 0.29) is 5.78 Å². The molecular weight excluding hydrogens is 258 g/mol. The first-order valence-corrected chi connectivity index (χ1v) is 7.60. The van der Waals surface area contributed by atoms with Crippen molar-refractivity contribution in [3.8, 4) is 0 Å². The Hall–Kier alpha value is -2.09. The minimum absolute atomic E-state index is 0.232. The maximum absolute atomic E-state index is 12.1. The Labute approximate surface area is 127 Å². The fraction of sp³-hybridized carbons (Fsp3) is 0.316. The molecule has 0 aliphatic heterocycles. The second-order valence-corrected chi connectivity index (χ2v) is 5.31. The summed E-state index contributed by atoms with van der Waals surface area (Å²) in [7, 11) is 0. The van der Waals surface area contributed by atoms with Gasteiger partial charge in [-0.05, 0) is 38.0 Å². The van der Waals surface area contributed by atoms with Crippen LogP contribution >= 0.6 is 0 Å². The van der Waals surface area contributed by atoms with E-state index in [1.165, 1.54) is 11.3 Å². The van der Waals surface area contributed by atoms with Gasteiger partial charge in [-0.1, -0.05) is 42.5 Å². The highest BCUT2D eigenvalue weighted by Gasteiger charge is 2.08. The molecule has 21 heavy (non-hydrogen) atoms. The van der Waals surface area contributed by atoms with Crippen molar-refractivity contribution in [3.05, 3.63) is 65.7 Å². The highest BCUT2D eigenvalue weighted by molar-refractivity contribution is 5.95. The Morgan fingerprint density at radius 2 is 1.81 bits per heavy atom. The summed E-state index contributed by atoms with van der Waals surface area (Å²) in [5, 5.41) is 0. The van der Waals surface area contributed by atoms with Crippen molar-refractivity contribution in [1.29, 1.82) is 0 Å². The molecule has 0 radical (unpaired) electrons. The Balaban J connectivity index is 1.88. The summed E-state index contributed by atoms with van der Waals surface area (Å²) < 4.78 is 0. The molecule has 0 aromatic heterocycles. The third kappa shape index (κ3) is 4.45. The van der Waals surface area contributed by atoms with E-state index in [0.29, 0.717) is 6.42 Å². The average molecular weight is 281 g/mol. The standard InChI is InChI=1S/C19H23NO/c1-3-20(18-12-7-9-16(2)15-18)14-8-13-19(21)17-10-5-4-6-11-17/h4-7,9-12,15H,3,8,13-14H2,1-2H3. The first-order chi connectivity index (χ1) is 10.2. The molecule has 110 valence electrons. The van der Waals surface area contributed by atoms with E-state index >= 15 is 0 Å². The number of nitrogens with zero attached hydrogens (tertiary/aromatic N) is 1. The van der Waals surface area contributed by atoms with Crippen LogP contribution in [-0.4, -0.2) is 18.9 Å². The summed E-state index contributed by atoms with van der Waals surface area (Å²) in [6.45, 7) is 6.14. The molecule has 0 heterocycles. The van der Waals surface area contributed by atoms with E-state index in [9.17, 15) is 4.79 Å². The molecule has 0 unspecified atom stereocenters. The SMILES string of the molecule is CCN(CCCC(=O)c1ccccc1)c1cccc(C)c1. The van der Waals surface area contributed by atoms with Crippen LogP contribution in [0.1, 0.15) is 35.7 Å². The van der Waals surface area contributed by atoms with Crippen LogP contribution in [0.15, 0.2) is 54.6 Å². The summed E-state index contributed by atoms with van der Waals surface area (Å²) in [5.74, 6) is 0.232. The van der Waals surface area contributed by atoms with Gasteiger partial charge in [-0.3, -0.25) is 4.79 Å². The van der Waals surface area contributed by atoms with Crippen molar-refractivity contribution < 1.29 is 4.79 Å². The third-order valence-electron chi connectivity index (χ3n) is 3.68. The topological polar surface area (TPSA) is 20.3 Å². The summed E-state index contributed by atoms with van der Waals surface area (Å²) in [6.07, 6.45) is 1.49. The molecule has 2 nitrogen and oxygen atoms in total. The van der Waals surface area contributed by atoms with Gasteiger partial charge in [0.25, 0.3) is 0 Å². The molecule has 0 N–H and O–H groups in total. The smallest absolute Gasteiger partial charge is 0.162 e. The van der Waals surface area contributed by atoms with Gasteiger partial charge in [0.1, 0.15) is 0 Å². The number of carbonyl (C=O) groups excluding carboxylic acids is 1. The van der Waals surface area contributed by atoms with Crippen molar-refractivity contribution in [3.63, 3.8) is 0 Å². The van der Waals surface area contributed by atoms with Crippen LogP contribution in [0, 0.1) is 6.92 Å². The van der Waals surface area contributed by atoms with Gasteiger partial charge in [-0.15, -0.1) is 0 Å². The lowest BCUT2D eigenvalue weighted by Crippen LogP contribution is -2.24. The minimum atomic E-state index is 0.232. The predicted octanol–water partition coefficient (Wildman–Crippen LogP) is 4.48. The van der Waals surface area contributed by atoms with E-state index in [1.54, 1.807) is 0 Å². The van der Waals surface area contributed by atoms with Crippen molar-refractivity contribution in [2.45, 2.75) is 26.7 Å². The number of anilines is 1. The Morgan fingerprint density at radius 3 is 2.48 bits per heavy atom. The second-order valence-electron chi connectivity index (χ2n) is 5.31. The van der Waals surface area contributed by atoms with Crippen LogP contribution in [0.4, 0.5) is 5.69 Å². The number of Topliss-reactive ketones (excluding diaryl/α,β-unsaturated/α-hetero) is 1. The number of rotatable bonds is 7. The lowest BCUT2D eigenvalue weighted by atomic mass is 10.1. The Bertz CT molecular complexity index is 577. The highest BCUT2D eigenvalue weighted by atomic mass is 16.1. The minimum Gasteiger partial charge on any atom is -0.372 e. The summed E-state index contributed by atoms with van der Waals surface area (Å²) in [4.78, 5) is 14.4. The number of aryl methyl sites for hydroxylation is 1. The molecule has 0 fully saturated rings. The van der Waals surface area contributed by atoms with Crippen molar-refractivity contribution >= 4 is 11.5 Å². The normalized spacial score (nSPS) is 10.4. The van der Waals surface area contributed by atoms with E-state index < -0.39 is 0 Å². The number of hydrogen-bond acceptors (Lipinski definition) is 2. The van der Waals surface area contributed by atoms with Gasteiger partial charge in [-0.25, -0.2) is 0 Å². The lowest BCUT2D eigenvalue weighted by molar-refractivity contribution is 0.0980. The van der Waals surface area contributed by atoms with Crippen LogP contribution in [0.3, 0.4) is 0 Å². The molecule has 0 spiro atoms.